The summed E-state index contributed by atoms with van der Waals surface area (Å²) in [6.07, 6.45) is 0. The highest BCUT2D eigenvalue weighted by Crippen LogP contribution is 2.59. The molecule has 1 heteroatoms. The second-order valence-electron chi connectivity index (χ2n) is 9.56. The van der Waals surface area contributed by atoms with Gasteiger partial charge in [-0.2, -0.15) is 0 Å². The molecule has 0 heterocycles. The molecule has 5 aromatic carbocycles. The molecular weight excluding hydrogens is 410 g/mol. The molecule has 0 amide bonds. The lowest BCUT2D eigenvalue weighted by molar-refractivity contribution is 0.662. The quantitative estimate of drug-likeness (QED) is 0.281. The molecule has 0 fully saturated rings. The SMILES string of the molecule is CC1(C)c2ccccc2-c2c(-c3ccccc3)c(-c3ccccc3)c(N)c(-c3ccccc3)c21. The van der Waals surface area contributed by atoms with Gasteiger partial charge in [0.1, 0.15) is 0 Å². The van der Waals surface area contributed by atoms with Gasteiger partial charge in [-0.3, -0.25) is 0 Å². The highest BCUT2D eigenvalue weighted by atomic mass is 14.6. The van der Waals surface area contributed by atoms with Gasteiger partial charge in [-0.25, -0.2) is 0 Å². The molecule has 0 aliphatic heterocycles. The van der Waals surface area contributed by atoms with Crippen molar-refractivity contribution in [3.05, 3.63) is 126 Å². The second kappa shape index (κ2) is 7.74. The molecule has 0 radical (unpaired) electrons. The minimum absolute atomic E-state index is 0.177. The standard InChI is InChI=1S/C33H27N/c1-33(2)26-21-13-12-20-25(26)30-27(22-14-6-3-7-15-22)28(23-16-8-4-9-17-23)32(34)29(31(30)33)24-18-10-5-11-19-24/h3-21H,34H2,1-2H3. The lowest BCUT2D eigenvalue weighted by Crippen LogP contribution is -2.17. The van der Waals surface area contributed by atoms with Crippen molar-refractivity contribution in [3.63, 3.8) is 0 Å². The third-order valence-electron chi connectivity index (χ3n) is 7.22. The zero-order valence-corrected chi connectivity index (χ0v) is 19.5. The molecule has 0 bridgehead atoms. The molecule has 0 spiro atoms. The monoisotopic (exact) mass is 437 g/mol. The Morgan fingerprint density at radius 2 is 0.912 bits per heavy atom. The summed E-state index contributed by atoms with van der Waals surface area (Å²) in [7, 11) is 0. The van der Waals surface area contributed by atoms with Crippen LogP contribution in [0.2, 0.25) is 0 Å². The number of hydrogen-bond acceptors (Lipinski definition) is 1. The summed E-state index contributed by atoms with van der Waals surface area (Å²) >= 11 is 0. The van der Waals surface area contributed by atoms with Crippen molar-refractivity contribution < 1.29 is 0 Å². The summed E-state index contributed by atoms with van der Waals surface area (Å²) in [5.74, 6) is 0. The number of rotatable bonds is 3. The van der Waals surface area contributed by atoms with Gasteiger partial charge in [-0.15, -0.1) is 0 Å². The first-order chi connectivity index (χ1) is 16.6. The van der Waals surface area contributed by atoms with Crippen molar-refractivity contribution >= 4 is 5.69 Å². The lowest BCUT2D eigenvalue weighted by Gasteiger charge is -2.29. The summed E-state index contributed by atoms with van der Waals surface area (Å²) in [4.78, 5) is 0. The number of hydrogen-bond donors (Lipinski definition) is 1. The van der Waals surface area contributed by atoms with Crippen LogP contribution in [0.15, 0.2) is 115 Å². The molecule has 6 rings (SSSR count). The molecule has 1 aliphatic rings. The normalized spacial score (nSPS) is 13.4. The maximum absolute atomic E-state index is 7.21. The van der Waals surface area contributed by atoms with Crippen molar-refractivity contribution in [2.75, 3.05) is 5.73 Å². The van der Waals surface area contributed by atoms with Crippen molar-refractivity contribution in [3.8, 4) is 44.5 Å². The van der Waals surface area contributed by atoms with Gasteiger partial charge in [0.15, 0.2) is 0 Å². The molecule has 5 aromatic rings. The average Bonchev–Trinajstić information content (AvgIpc) is 3.12. The molecule has 0 atom stereocenters. The number of fused-ring (bicyclic) bond motifs is 3. The molecule has 1 nitrogen and oxygen atoms in total. The molecule has 0 saturated heterocycles. The van der Waals surface area contributed by atoms with Crippen LogP contribution in [0.3, 0.4) is 0 Å². The first-order valence-corrected chi connectivity index (χ1v) is 11.8. The van der Waals surface area contributed by atoms with Gasteiger partial charge in [0, 0.05) is 22.2 Å². The third kappa shape index (κ3) is 2.94. The van der Waals surface area contributed by atoms with Crippen LogP contribution in [0.4, 0.5) is 5.69 Å². The molecule has 1 aliphatic carbocycles. The second-order valence-corrected chi connectivity index (χ2v) is 9.56. The van der Waals surface area contributed by atoms with E-state index in [-0.39, 0.29) is 5.41 Å². The largest absolute Gasteiger partial charge is 0.398 e. The van der Waals surface area contributed by atoms with E-state index in [0.29, 0.717) is 0 Å². The first kappa shape index (κ1) is 20.5. The van der Waals surface area contributed by atoms with Gasteiger partial charge in [0.2, 0.25) is 0 Å². The molecular formula is C33H27N. The van der Waals surface area contributed by atoms with Crippen LogP contribution in [-0.4, -0.2) is 0 Å². The van der Waals surface area contributed by atoms with Crippen molar-refractivity contribution in [1.29, 1.82) is 0 Å². The molecule has 0 aromatic heterocycles. The fraction of sp³-hybridized carbons (Fsp3) is 0.0909. The molecule has 0 unspecified atom stereocenters. The van der Waals surface area contributed by atoms with E-state index in [4.69, 9.17) is 5.73 Å². The Balaban J connectivity index is 1.87. The van der Waals surface area contributed by atoms with Crippen LogP contribution >= 0.6 is 0 Å². The highest BCUT2D eigenvalue weighted by molar-refractivity contribution is 6.10. The molecule has 164 valence electrons. The van der Waals surface area contributed by atoms with E-state index in [0.717, 1.165) is 27.9 Å². The van der Waals surface area contributed by atoms with Gasteiger partial charge in [0.25, 0.3) is 0 Å². The fourth-order valence-corrected chi connectivity index (χ4v) is 5.75. The van der Waals surface area contributed by atoms with Gasteiger partial charge in [-0.05, 0) is 44.5 Å². The van der Waals surface area contributed by atoms with Crippen molar-refractivity contribution in [1.82, 2.24) is 0 Å². The zero-order valence-electron chi connectivity index (χ0n) is 19.5. The first-order valence-electron chi connectivity index (χ1n) is 11.8. The van der Waals surface area contributed by atoms with E-state index in [1.807, 2.05) is 0 Å². The maximum Gasteiger partial charge on any atom is 0.0483 e. The van der Waals surface area contributed by atoms with E-state index in [1.54, 1.807) is 0 Å². The Hall–Kier alpha value is -4.10. The van der Waals surface area contributed by atoms with Gasteiger partial charge >= 0.3 is 0 Å². The minimum Gasteiger partial charge on any atom is -0.398 e. The van der Waals surface area contributed by atoms with E-state index >= 15 is 0 Å². The Kier molecular flexibility index (Phi) is 4.67. The van der Waals surface area contributed by atoms with Crippen molar-refractivity contribution in [2.45, 2.75) is 19.3 Å². The Bertz CT molecular complexity index is 1500. The molecule has 0 saturated carbocycles. The Morgan fingerprint density at radius 3 is 1.47 bits per heavy atom. The number of benzene rings is 5. The fourth-order valence-electron chi connectivity index (χ4n) is 5.75. The van der Waals surface area contributed by atoms with Crippen LogP contribution in [0.5, 0.6) is 0 Å². The van der Waals surface area contributed by atoms with Gasteiger partial charge < -0.3 is 5.73 Å². The average molecular weight is 438 g/mol. The van der Waals surface area contributed by atoms with E-state index < -0.39 is 0 Å². The number of anilines is 1. The summed E-state index contributed by atoms with van der Waals surface area (Å²) in [6.45, 7) is 4.67. The van der Waals surface area contributed by atoms with Gasteiger partial charge in [0.05, 0.1) is 0 Å². The summed E-state index contributed by atoms with van der Waals surface area (Å²) < 4.78 is 0. The van der Waals surface area contributed by atoms with Crippen LogP contribution in [0, 0.1) is 0 Å². The smallest absolute Gasteiger partial charge is 0.0483 e. The number of nitrogen functional groups attached to an aromatic ring is 1. The minimum atomic E-state index is -0.177. The van der Waals surface area contributed by atoms with Crippen LogP contribution in [0.25, 0.3) is 44.5 Å². The third-order valence-corrected chi connectivity index (χ3v) is 7.22. The predicted octanol–water partition coefficient (Wildman–Crippen LogP) is 8.58. The summed E-state index contributed by atoms with van der Waals surface area (Å²) in [5.41, 5.74) is 20.1. The zero-order chi connectivity index (χ0) is 23.3. The molecule has 34 heavy (non-hydrogen) atoms. The Morgan fingerprint density at radius 1 is 0.471 bits per heavy atom. The van der Waals surface area contributed by atoms with Gasteiger partial charge in [-0.1, -0.05) is 129 Å². The van der Waals surface area contributed by atoms with Crippen LogP contribution < -0.4 is 5.73 Å². The van der Waals surface area contributed by atoms with E-state index in [1.165, 1.54) is 33.4 Å². The van der Waals surface area contributed by atoms with Crippen LogP contribution in [0.1, 0.15) is 25.0 Å². The van der Waals surface area contributed by atoms with E-state index in [2.05, 4.69) is 129 Å². The molecule has 2 N–H and O–H groups in total. The summed E-state index contributed by atoms with van der Waals surface area (Å²) in [5, 5.41) is 0. The number of nitrogens with two attached hydrogens (primary N) is 1. The topological polar surface area (TPSA) is 26.0 Å². The predicted molar refractivity (Wildman–Crippen MR) is 145 cm³/mol. The highest BCUT2D eigenvalue weighted by Gasteiger charge is 2.41. The van der Waals surface area contributed by atoms with Crippen molar-refractivity contribution in [2.24, 2.45) is 0 Å². The van der Waals surface area contributed by atoms with E-state index in [9.17, 15) is 0 Å². The Labute approximate surface area is 201 Å². The maximum atomic E-state index is 7.21. The summed E-state index contributed by atoms with van der Waals surface area (Å²) in [6, 6.07) is 40.8. The van der Waals surface area contributed by atoms with Crippen LogP contribution in [-0.2, 0) is 5.41 Å². The lowest BCUT2D eigenvalue weighted by atomic mass is 9.75.